The van der Waals surface area contributed by atoms with Crippen LogP contribution in [0.5, 0.6) is 0 Å². The van der Waals surface area contributed by atoms with Gasteiger partial charge in [0, 0.05) is 59.3 Å². The van der Waals surface area contributed by atoms with Crippen LogP contribution in [0.4, 0.5) is 0 Å². The maximum Gasteiger partial charge on any atom is 0.219 e. The number of hydrogen-bond acceptors (Lipinski definition) is 3. The zero-order valence-corrected chi connectivity index (χ0v) is 13.5. The lowest BCUT2D eigenvalue weighted by molar-refractivity contribution is -0.130. The summed E-state index contributed by atoms with van der Waals surface area (Å²) in [5, 5.41) is 3.39. The molecular formula is C15H29N5O. The first-order valence-corrected chi connectivity index (χ1v) is 8.22. The van der Waals surface area contributed by atoms with Gasteiger partial charge in [-0.1, -0.05) is 0 Å². The minimum Gasteiger partial charge on any atom is -0.357 e. The lowest BCUT2D eigenvalue weighted by Gasteiger charge is -2.33. The van der Waals surface area contributed by atoms with Gasteiger partial charge in [0.2, 0.25) is 5.91 Å². The topological polar surface area (TPSA) is 51.2 Å². The first kappa shape index (κ1) is 16.1. The van der Waals surface area contributed by atoms with Crippen LogP contribution in [0.3, 0.4) is 0 Å². The van der Waals surface area contributed by atoms with Gasteiger partial charge in [-0.3, -0.25) is 14.7 Å². The second-order valence-electron chi connectivity index (χ2n) is 5.78. The molecule has 0 radical (unpaired) electrons. The van der Waals surface area contributed by atoms with Crippen molar-refractivity contribution >= 4 is 11.9 Å². The molecule has 0 aromatic heterocycles. The van der Waals surface area contributed by atoms with E-state index in [1.54, 1.807) is 6.92 Å². The molecule has 0 spiro atoms. The summed E-state index contributed by atoms with van der Waals surface area (Å²) < 4.78 is 0. The van der Waals surface area contributed by atoms with E-state index in [9.17, 15) is 4.79 Å². The summed E-state index contributed by atoms with van der Waals surface area (Å²) in [5.74, 6) is 1.26. The van der Waals surface area contributed by atoms with E-state index >= 15 is 0 Å². The monoisotopic (exact) mass is 295 g/mol. The highest BCUT2D eigenvalue weighted by molar-refractivity contribution is 5.80. The molecule has 6 heteroatoms. The highest BCUT2D eigenvalue weighted by atomic mass is 16.2. The Balaban J connectivity index is 1.73. The molecule has 1 amide bonds. The fourth-order valence-electron chi connectivity index (χ4n) is 2.94. The summed E-state index contributed by atoms with van der Waals surface area (Å²) in [6.07, 6.45) is 2.55. The quantitative estimate of drug-likeness (QED) is 0.595. The van der Waals surface area contributed by atoms with Gasteiger partial charge in [-0.15, -0.1) is 0 Å². The van der Waals surface area contributed by atoms with Gasteiger partial charge in [-0.2, -0.15) is 0 Å². The molecule has 2 aliphatic heterocycles. The fraction of sp³-hybridized carbons (Fsp3) is 0.867. The van der Waals surface area contributed by atoms with E-state index in [1.807, 2.05) is 4.90 Å². The third-order valence-electron chi connectivity index (χ3n) is 4.24. The van der Waals surface area contributed by atoms with Crippen molar-refractivity contribution in [2.75, 3.05) is 58.9 Å². The zero-order chi connectivity index (χ0) is 15.1. The van der Waals surface area contributed by atoms with Crippen molar-refractivity contribution in [2.45, 2.75) is 26.7 Å². The average Bonchev–Trinajstić information content (AvgIpc) is 3.01. The molecule has 0 bridgehead atoms. The van der Waals surface area contributed by atoms with Gasteiger partial charge in [0.25, 0.3) is 0 Å². The first-order valence-electron chi connectivity index (χ1n) is 8.22. The maximum absolute atomic E-state index is 11.3. The van der Waals surface area contributed by atoms with Crippen LogP contribution in [-0.2, 0) is 4.79 Å². The van der Waals surface area contributed by atoms with E-state index in [2.05, 4.69) is 22.0 Å². The molecule has 21 heavy (non-hydrogen) atoms. The van der Waals surface area contributed by atoms with Crippen molar-refractivity contribution in [3.8, 4) is 0 Å². The van der Waals surface area contributed by atoms with E-state index in [4.69, 9.17) is 4.99 Å². The van der Waals surface area contributed by atoms with E-state index in [1.165, 1.54) is 12.8 Å². The number of nitrogens with zero attached hydrogens (tertiary/aromatic N) is 4. The average molecular weight is 295 g/mol. The molecular weight excluding hydrogens is 266 g/mol. The van der Waals surface area contributed by atoms with Gasteiger partial charge in [0.15, 0.2) is 5.96 Å². The van der Waals surface area contributed by atoms with Crippen molar-refractivity contribution in [3.63, 3.8) is 0 Å². The molecule has 120 valence electrons. The Morgan fingerprint density at radius 3 is 2.29 bits per heavy atom. The first-order chi connectivity index (χ1) is 10.2. The Hall–Kier alpha value is -1.30. The normalized spacial score (nSPS) is 21.0. The molecule has 2 heterocycles. The van der Waals surface area contributed by atoms with Crippen LogP contribution in [0.1, 0.15) is 26.7 Å². The number of hydrogen-bond donors (Lipinski definition) is 1. The SMILES string of the molecule is CCNC(=NCCN1CCN(C(C)=O)CC1)N1CCCC1. The summed E-state index contributed by atoms with van der Waals surface area (Å²) in [7, 11) is 0. The van der Waals surface area contributed by atoms with Crippen molar-refractivity contribution in [1.29, 1.82) is 0 Å². The number of piperazine rings is 1. The Morgan fingerprint density at radius 1 is 1.05 bits per heavy atom. The van der Waals surface area contributed by atoms with Crippen LogP contribution in [0.25, 0.3) is 0 Å². The minimum atomic E-state index is 0.191. The largest absolute Gasteiger partial charge is 0.357 e. The minimum absolute atomic E-state index is 0.191. The van der Waals surface area contributed by atoms with Crippen LogP contribution in [0.15, 0.2) is 4.99 Å². The lowest BCUT2D eigenvalue weighted by Crippen LogP contribution is -2.48. The molecule has 2 fully saturated rings. The predicted octanol–water partition coefficient (Wildman–Crippen LogP) is 0.212. The Bertz CT molecular complexity index is 357. The third-order valence-corrected chi connectivity index (χ3v) is 4.24. The van der Waals surface area contributed by atoms with Gasteiger partial charge >= 0.3 is 0 Å². The predicted molar refractivity (Wildman–Crippen MR) is 85.5 cm³/mol. The molecule has 6 nitrogen and oxygen atoms in total. The standard InChI is InChI=1S/C15H29N5O/c1-3-16-15(20-7-4-5-8-20)17-6-9-18-10-12-19(13-11-18)14(2)21/h3-13H2,1-2H3,(H,16,17). The molecule has 1 N–H and O–H groups in total. The highest BCUT2D eigenvalue weighted by Crippen LogP contribution is 2.07. The number of rotatable bonds is 4. The Morgan fingerprint density at radius 2 is 1.71 bits per heavy atom. The van der Waals surface area contributed by atoms with Crippen molar-refractivity contribution in [3.05, 3.63) is 0 Å². The molecule has 0 aliphatic carbocycles. The molecule has 0 aromatic rings. The van der Waals surface area contributed by atoms with Gasteiger partial charge in [-0.25, -0.2) is 0 Å². The molecule has 0 aromatic carbocycles. The second-order valence-corrected chi connectivity index (χ2v) is 5.78. The van der Waals surface area contributed by atoms with Crippen molar-refractivity contribution < 1.29 is 4.79 Å². The number of likely N-dealkylation sites (tertiary alicyclic amines) is 1. The van der Waals surface area contributed by atoms with Crippen molar-refractivity contribution in [2.24, 2.45) is 4.99 Å². The fourth-order valence-corrected chi connectivity index (χ4v) is 2.94. The second kappa shape index (κ2) is 8.22. The van der Waals surface area contributed by atoms with Gasteiger partial charge < -0.3 is 15.1 Å². The zero-order valence-electron chi connectivity index (χ0n) is 13.5. The molecule has 2 saturated heterocycles. The Kier molecular flexibility index (Phi) is 6.29. The summed E-state index contributed by atoms with van der Waals surface area (Å²) in [4.78, 5) is 22.7. The van der Waals surface area contributed by atoms with E-state index < -0.39 is 0 Å². The number of nitrogens with one attached hydrogen (secondary N) is 1. The van der Waals surface area contributed by atoms with Crippen molar-refractivity contribution in [1.82, 2.24) is 20.0 Å². The third kappa shape index (κ3) is 4.88. The van der Waals surface area contributed by atoms with Crippen LogP contribution in [0.2, 0.25) is 0 Å². The molecule has 0 unspecified atom stereocenters. The number of aliphatic imine (C=N–C) groups is 1. The molecule has 0 atom stereocenters. The van der Waals surface area contributed by atoms with E-state index in [0.717, 1.165) is 64.9 Å². The van der Waals surface area contributed by atoms with Crippen LogP contribution in [-0.4, -0.2) is 85.5 Å². The van der Waals surface area contributed by atoms with Crippen LogP contribution < -0.4 is 5.32 Å². The lowest BCUT2D eigenvalue weighted by atomic mass is 10.3. The number of guanidine groups is 1. The highest BCUT2D eigenvalue weighted by Gasteiger charge is 2.18. The van der Waals surface area contributed by atoms with E-state index in [-0.39, 0.29) is 5.91 Å². The van der Waals surface area contributed by atoms with Crippen LogP contribution in [0, 0.1) is 0 Å². The number of carbonyl (C=O) groups is 1. The number of amides is 1. The Labute approximate surface area is 128 Å². The summed E-state index contributed by atoms with van der Waals surface area (Å²) in [5.41, 5.74) is 0. The smallest absolute Gasteiger partial charge is 0.219 e. The van der Waals surface area contributed by atoms with Gasteiger partial charge in [0.05, 0.1) is 6.54 Å². The molecule has 2 rings (SSSR count). The molecule has 0 saturated carbocycles. The summed E-state index contributed by atoms with van der Waals surface area (Å²) >= 11 is 0. The maximum atomic E-state index is 11.3. The van der Waals surface area contributed by atoms with Crippen LogP contribution >= 0.6 is 0 Å². The van der Waals surface area contributed by atoms with Gasteiger partial charge in [0.1, 0.15) is 0 Å². The van der Waals surface area contributed by atoms with E-state index in [0.29, 0.717) is 0 Å². The summed E-state index contributed by atoms with van der Waals surface area (Å²) in [6, 6.07) is 0. The summed E-state index contributed by atoms with van der Waals surface area (Å²) in [6.45, 7) is 12.4. The molecule has 2 aliphatic rings. The number of carbonyl (C=O) groups excluding carboxylic acids is 1. The van der Waals surface area contributed by atoms with Gasteiger partial charge in [-0.05, 0) is 19.8 Å².